The summed E-state index contributed by atoms with van der Waals surface area (Å²) in [5, 5.41) is 9.05. The zero-order valence-corrected chi connectivity index (χ0v) is 11.8. The number of amides is 1. The summed E-state index contributed by atoms with van der Waals surface area (Å²) in [5.41, 5.74) is 5.29. The molecule has 1 aromatic heterocycles. The van der Waals surface area contributed by atoms with Gasteiger partial charge in [-0.3, -0.25) is 4.79 Å². The number of rotatable bonds is 4. The zero-order chi connectivity index (χ0) is 14.9. The predicted octanol–water partition coefficient (Wildman–Crippen LogP) is -1.49. The Labute approximate surface area is 116 Å². The van der Waals surface area contributed by atoms with E-state index in [0.29, 0.717) is 0 Å². The number of aromatic nitrogens is 1. The molecule has 1 aliphatic rings. The molecule has 0 aliphatic carbocycles. The molecule has 9 heteroatoms. The van der Waals surface area contributed by atoms with Gasteiger partial charge in [0.1, 0.15) is 10.6 Å². The quantitative estimate of drug-likeness (QED) is 0.703. The standard InChI is InChI=1S/C11H17N3O5S/c1-13-6-9(4-10(13)11(12)16)20(17,18)14-2-3-19-8(5-14)7-15/h4,6,8,15H,2-3,5,7H2,1H3,(H2,12,16). The normalized spacial score (nSPS) is 21.0. The Morgan fingerprint density at radius 3 is 2.85 bits per heavy atom. The molecule has 0 bridgehead atoms. The minimum Gasteiger partial charge on any atom is -0.394 e. The molecule has 1 aromatic rings. The molecule has 20 heavy (non-hydrogen) atoms. The number of sulfonamides is 1. The van der Waals surface area contributed by atoms with Crippen LogP contribution in [0.3, 0.4) is 0 Å². The second-order valence-corrected chi connectivity index (χ2v) is 6.51. The summed E-state index contributed by atoms with van der Waals surface area (Å²) >= 11 is 0. The van der Waals surface area contributed by atoms with Crippen LogP contribution in [-0.2, 0) is 21.8 Å². The lowest BCUT2D eigenvalue weighted by Gasteiger charge is -2.30. The van der Waals surface area contributed by atoms with Crippen LogP contribution in [0.2, 0.25) is 0 Å². The number of carbonyl (C=O) groups is 1. The number of aryl methyl sites for hydroxylation is 1. The number of nitrogens with zero attached hydrogens (tertiary/aromatic N) is 2. The molecule has 112 valence electrons. The van der Waals surface area contributed by atoms with Gasteiger partial charge in [0.25, 0.3) is 5.91 Å². The van der Waals surface area contributed by atoms with Gasteiger partial charge in [-0.15, -0.1) is 0 Å². The minimum atomic E-state index is -3.73. The van der Waals surface area contributed by atoms with Gasteiger partial charge in [-0.05, 0) is 6.07 Å². The van der Waals surface area contributed by atoms with Crippen molar-refractivity contribution in [2.75, 3.05) is 26.3 Å². The van der Waals surface area contributed by atoms with Crippen LogP contribution in [0.4, 0.5) is 0 Å². The third kappa shape index (κ3) is 2.70. The largest absolute Gasteiger partial charge is 0.394 e. The van der Waals surface area contributed by atoms with Crippen molar-refractivity contribution in [3.63, 3.8) is 0 Å². The van der Waals surface area contributed by atoms with Crippen molar-refractivity contribution in [2.45, 2.75) is 11.0 Å². The first-order valence-electron chi connectivity index (χ1n) is 6.05. The predicted molar refractivity (Wildman–Crippen MR) is 69.5 cm³/mol. The Kier molecular flexibility index (Phi) is 4.14. The number of aliphatic hydroxyl groups is 1. The van der Waals surface area contributed by atoms with Crippen LogP contribution >= 0.6 is 0 Å². The third-order valence-corrected chi connectivity index (χ3v) is 5.01. The van der Waals surface area contributed by atoms with Gasteiger partial charge in [0, 0.05) is 26.3 Å². The van der Waals surface area contributed by atoms with E-state index in [1.165, 1.54) is 21.1 Å². The van der Waals surface area contributed by atoms with E-state index in [1.807, 2.05) is 0 Å². The topological polar surface area (TPSA) is 115 Å². The van der Waals surface area contributed by atoms with E-state index in [-0.39, 0.29) is 36.9 Å². The number of carbonyl (C=O) groups excluding carboxylic acids is 1. The fourth-order valence-electron chi connectivity index (χ4n) is 2.09. The lowest BCUT2D eigenvalue weighted by Crippen LogP contribution is -2.46. The second-order valence-electron chi connectivity index (χ2n) is 4.57. The highest BCUT2D eigenvalue weighted by Gasteiger charge is 2.31. The van der Waals surface area contributed by atoms with Crippen molar-refractivity contribution < 1.29 is 23.1 Å². The van der Waals surface area contributed by atoms with Crippen LogP contribution in [0, 0.1) is 0 Å². The van der Waals surface area contributed by atoms with Crippen LogP contribution in [0.25, 0.3) is 0 Å². The third-order valence-electron chi connectivity index (χ3n) is 3.18. The molecule has 1 unspecified atom stereocenters. The summed E-state index contributed by atoms with van der Waals surface area (Å²) in [5.74, 6) is -0.691. The maximum absolute atomic E-state index is 12.5. The fraction of sp³-hybridized carbons (Fsp3) is 0.545. The molecule has 1 saturated heterocycles. The summed E-state index contributed by atoms with van der Waals surface area (Å²) in [4.78, 5) is 11.2. The van der Waals surface area contributed by atoms with Crippen molar-refractivity contribution in [1.82, 2.24) is 8.87 Å². The van der Waals surface area contributed by atoms with Crippen molar-refractivity contribution in [1.29, 1.82) is 0 Å². The van der Waals surface area contributed by atoms with E-state index in [2.05, 4.69) is 0 Å². The molecule has 0 saturated carbocycles. The Bertz CT molecular complexity index is 610. The van der Waals surface area contributed by atoms with E-state index >= 15 is 0 Å². The lowest BCUT2D eigenvalue weighted by molar-refractivity contribution is -0.0304. The molecule has 0 spiro atoms. The molecule has 0 radical (unpaired) electrons. The molecular weight excluding hydrogens is 286 g/mol. The number of hydrogen-bond acceptors (Lipinski definition) is 5. The number of nitrogens with two attached hydrogens (primary N) is 1. The van der Waals surface area contributed by atoms with Gasteiger partial charge >= 0.3 is 0 Å². The van der Waals surface area contributed by atoms with Crippen molar-refractivity contribution >= 4 is 15.9 Å². The Hall–Kier alpha value is -1.42. The molecule has 8 nitrogen and oxygen atoms in total. The van der Waals surface area contributed by atoms with Crippen LogP contribution in [0.15, 0.2) is 17.2 Å². The van der Waals surface area contributed by atoms with E-state index < -0.39 is 22.0 Å². The molecule has 1 atom stereocenters. The molecule has 2 rings (SSSR count). The monoisotopic (exact) mass is 303 g/mol. The summed E-state index contributed by atoms with van der Waals surface area (Å²) in [6.45, 7) is 0.270. The summed E-state index contributed by atoms with van der Waals surface area (Å²) < 4.78 is 32.7. The smallest absolute Gasteiger partial charge is 0.265 e. The summed E-state index contributed by atoms with van der Waals surface area (Å²) in [6.07, 6.45) is 0.816. The van der Waals surface area contributed by atoms with Gasteiger partial charge in [0.05, 0.1) is 19.3 Å². The molecule has 1 fully saturated rings. The van der Waals surface area contributed by atoms with E-state index in [9.17, 15) is 13.2 Å². The SMILES string of the molecule is Cn1cc(S(=O)(=O)N2CCOC(CO)C2)cc1C(N)=O. The highest BCUT2D eigenvalue weighted by atomic mass is 32.2. The Morgan fingerprint density at radius 2 is 2.30 bits per heavy atom. The average molecular weight is 303 g/mol. The summed E-state index contributed by atoms with van der Waals surface area (Å²) in [7, 11) is -2.18. The number of primary amides is 1. The van der Waals surface area contributed by atoms with Gasteiger partial charge in [0.15, 0.2) is 0 Å². The van der Waals surface area contributed by atoms with E-state index in [0.717, 1.165) is 0 Å². The van der Waals surface area contributed by atoms with E-state index in [1.54, 1.807) is 7.05 Å². The van der Waals surface area contributed by atoms with E-state index in [4.69, 9.17) is 15.6 Å². The maximum atomic E-state index is 12.5. The van der Waals surface area contributed by atoms with Crippen LogP contribution in [-0.4, -0.2) is 60.7 Å². The number of aliphatic hydroxyl groups excluding tert-OH is 1. The molecule has 2 heterocycles. The van der Waals surface area contributed by atoms with Gasteiger partial charge < -0.3 is 20.1 Å². The summed E-state index contributed by atoms with van der Waals surface area (Å²) in [6, 6.07) is 1.25. The number of hydrogen-bond donors (Lipinski definition) is 2. The molecular formula is C11H17N3O5S. The first kappa shape index (κ1) is 15.0. The maximum Gasteiger partial charge on any atom is 0.265 e. The van der Waals surface area contributed by atoms with Gasteiger partial charge in [0.2, 0.25) is 10.0 Å². The van der Waals surface area contributed by atoms with Crippen LogP contribution in [0.1, 0.15) is 10.5 Å². The average Bonchev–Trinajstić information content (AvgIpc) is 2.82. The first-order chi connectivity index (χ1) is 9.36. The number of ether oxygens (including phenoxy) is 1. The molecule has 1 amide bonds. The lowest BCUT2D eigenvalue weighted by atomic mass is 10.3. The first-order valence-corrected chi connectivity index (χ1v) is 7.49. The van der Waals surface area contributed by atoms with Crippen molar-refractivity contribution in [3.05, 3.63) is 18.0 Å². The zero-order valence-electron chi connectivity index (χ0n) is 11.0. The highest BCUT2D eigenvalue weighted by Crippen LogP contribution is 2.20. The Balaban J connectivity index is 2.30. The van der Waals surface area contributed by atoms with Crippen LogP contribution in [0.5, 0.6) is 0 Å². The van der Waals surface area contributed by atoms with Crippen molar-refractivity contribution in [3.8, 4) is 0 Å². The second kappa shape index (κ2) is 5.52. The highest BCUT2D eigenvalue weighted by molar-refractivity contribution is 7.89. The van der Waals surface area contributed by atoms with Gasteiger partial charge in [-0.25, -0.2) is 8.42 Å². The van der Waals surface area contributed by atoms with Crippen molar-refractivity contribution in [2.24, 2.45) is 12.8 Å². The van der Waals surface area contributed by atoms with Gasteiger partial charge in [-0.2, -0.15) is 4.31 Å². The number of morpholine rings is 1. The molecule has 3 N–H and O–H groups in total. The minimum absolute atomic E-state index is 0.00684. The fourth-order valence-corrected chi connectivity index (χ4v) is 3.62. The molecule has 0 aromatic carbocycles. The molecule has 1 aliphatic heterocycles. The van der Waals surface area contributed by atoms with Crippen LogP contribution < -0.4 is 5.73 Å². The Morgan fingerprint density at radius 1 is 1.60 bits per heavy atom. The van der Waals surface area contributed by atoms with Gasteiger partial charge in [-0.1, -0.05) is 0 Å².